The van der Waals surface area contributed by atoms with Crippen molar-refractivity contribution in [3.63, 3.8) is 0 Å². The summed E-state index contributed by atoms with van der Waals surface area (Å²) < 4.78 is 13.2. The lowest BCUT2D eigenvalue weighted by Gasteiger charge is -2.16. The lowest BCUT2D eigenvalue weighted by molar-refractivity contribution is 0.577. The number of hydrogen-bond acceptors (Lipinski definition) is 4. The van der Waals surface area contributed by atoms with Crippen molar-refractivity contribution in [1.29, 1.82) is 0 Å². The number of nitrogens with two attached hydrogens (primary N) is 1. The van der Waals surface area contributed by atoms with E-state index in [2.05, 4.69) is 10.3 Å². The van der Waals surface area contributed by atoms with Gasteiger partial charge in [-0.2, -0.15) is 0 Å². The first kappa shape index (κ1) is 11.3. The molecule has 0 aliphatic heterocycles. The molecule has 80 valence electrons. The highest BCUT2D eigenvalue weighted by Gasteiger charge is 2.16. The second-order valence-corrected chi connectivity index (χ2v) is 5.56. The van der Waals surface area contributed by atoms with Crippen LogP contribution in [0.1, 0.15) is 19.5 Å². The monoisotopic (exact) mass is 216 g/mol. The molecule has 2 N–H and O–H groups in total. The number of aromatic nitrogens is 3. The van der Waals surface area contributed by atoms with E-state index >= 15 is 0 Å². The fraction of sp³-hybridized carbons (Fsp3) is 0.750. The molecule has 0 spiro atoms. The summed E-state index contributed by atoms with van der Waals surface area (Å²) in [6.07, 6.45) is 1.77. The summed E-state index contributed by atoms with van der Waals surface area (Å²) in [7, 11) is 0.816. The first-order valence-corrected chi connectivity index (χ1v) is 5.85. The Bertz CT molecular complexity index is 328. The predicted molar refractivity (Wildman–Crippen MR) is 56.0 cm³/mol. The predicted octanol–water partition coefficient (Wildman–Crippen LogP) is -0.199. The maximum atomic E-state index is 11.6. The van der Waals surface area contributed by atoms with E-state index in [1.165, 1.54) is 0 Å². The van der Waals surface area contributed by atoms with Gasteiger partial charge in [-0.25, -0.2) is 0 Å². The number of rotatable bonds is 4. The van der Waals surface area contributed by atoms with Crippen molar-refractivity contribution < 1.29 is 4.21 Å². The average Bonchev–Trinajstić information content (AvgIpc) is 2.30. The molecule has 1 aromatic heterocycles. The second kappa shape index (κ2) is 4.18. The van der Waals surface area contributed by atoms with Gasteiger partial charge in [-0.3, -0.25) is 8.89 Å². The van der Waals surface area contributed by atoms with Gasteiger partial charge in [0.1, 0.15) is 0 Å². The van der Waals surface area contributed by atoms with Crippen LogP contribution in [-0.4, -0.2) is 30.5 Å². The molecule has 0 saturated carbocycles. The SMILES string of the molecule is Cn1cc(CS(=O)CC(C)(C)N)nn1. The molecule has 0 bridgehead atoms. The molecule has 0 radical (unpaired) electrons. The molecule has 1 rings (SSSR count). The number of aryl methyl sites for hydroxylation is 1. The molecule has 1 unspecified atom stereocenters. The summed E-state index contributed by atoms with van der Waals surface area (Å²) in [5.41, 5.74) is 6.11. The molecule has 1 atom stereocenters. The Morgan fingerprint density at radius 2 is 2.29 bits per heavy atom. The summed E-state index contributed by atoms with van der Waals surface area (Å²) in [4.78, 5) is 0. The molecule has 0 aliphatic rings. The van der Waals surface area contributed by atoms with E-state index in [0.29, 0.717) is 11.5 Å². The molecule has 0 saturated heterocycles. The molecule has 1 heterocycles. The lowest BCUT2D eigenvalue weighted by Crippen LogP contribution is -2.38. The first-order valence-electron chi connectivity index (χ1n) is 4.36. The van der Waals surface area contributed by atoms with Crippen LogP contribution in [0, 0.1) is 0 Å². The lowest BCUT2D eigenvalue weighted by atomic mass is 10.1. The fourth-order valence-electron chi connectivity index (χ4n) is 1.09. The smallest absolute Gasteiger partial charge is 0.0951 e. The van der Waals surface area contributed by atoms with Gasteiger partial charge >= 0.3 is 0 Å². The molecule has 0 aromatic carbocycles. The molecular weight excluding hydrogens is 200 g/mol. The maximum Gasteiger partial charge on any atom is 0.0951 e. The van der Waals surface area contributed by atoms with E-state index < -0.39 is 16.3 Å². The van der Waals surface area contributed by atoms with Crippen LogP contribution in [0.3, 0.4) is 0 Å². The van der Waals surface area contributed by atoms with Gasteiger partial charge in [-0.05, 0) is 13.8 Å². The molecule has 6 heteroatoms. The van der Waals surface area contributed by atoms with Crippen LogP contribution in [0.15, 0.2) is 6.20 Å². The summed E-state index contributed by atoms with van der Waals surface area (Å²) in [6, 6.07) is 0. The number of hydrogen-bond donors (Lipinski definition) is 1. The molecule has 5 nitrogen and oxygen atoms in total. The number of nitrogens with zero attached hydrogens (tertiary/aromatic N) is 3. The van der Waals surface area contributed by atoms with Crippen molar-refractivity contribution in [2.75, 3.05) is 5.75 Å². The van der Waals surface area contributed by atoms with E-state index in [-0.39, 0.29) is 0 Å². The molecule has 0 amide bonds. The van der Waals surface area contributed by atoms with Gasteiger partial charge in [0.25, 0.3) is 0 Å². The highest BCUT2D eigenvalue weighted by molar-refractivity contribution is 7.84. The summed E-state index contributed by atoms with van der Waals surface area (Å²) >= 11 is 0. The van der Waals surface area contributed by atoms with Gasteiger partial charge in [-0.15, -0.1) is 5.10 Å². The Labute approximate surface area is 86.1 Å². The topological polar surface area (TPSA) is 73.8 Å². The highest BCUT2D eigenvalue weighted by Crippen LogP contribution is 2.04. The van der Waals surface area contributed by atoms with Gasteiger partial charge in [0.2, 0.25) is 0 Å². The second-order valence-electron chi connectivity index (χ2n) is 4.10. The molecule has 1 aromatic rings. The van der Waals surface area contributed by atoms with Crippen LogP contribution in [0.4, 0.5) is 0 Å². The quantitative estimate of drug-likeness (QED) is 0.756. The third-order valence-electron chi connectivity index (χ3n) is 1.49. The summed E-state index contributed by atoms with van der Waals surface area (Å²) in [6.45, 7) is 3.73. The van der Waals surface area contributed by atoms with Crippen molar-refractivity contribution in [3.05, 3.63) is 11.9 Å². The van der Waals surface area contributed by atoms with E-state index in [9.17, 15) is 4.21 Å². The highest BCUT2D eigenvalue weighted by atomic mass is 32.2. The summed E-state index contributed by atoms with van der Waals surface area (Å²) in [5.74, 6) is 0.901. The largest absolute Gasteiger partial charge is 0.325 e. The van der Waals surface area contributed by atoms with Crippen molar-refractivity contribution >= 4 is 10.8 Å². The molecule has 0 aliphatic carbocycles. The molecule has 14 heavy (non-hydrogen) atoms. The Kier molecular flexibility index (Phi) is 3.38. The standard InChI is InChI=1S/C8H16N4OS/c1-8(2,9)6-14(13)5-7-4-12(3)11-10-7/h4H,5-6,9H2,1-3H3. The minimum absolute atomic E-state index is 0.396. The van der Waals surface area contributed by atoms with Gasteiger partial charge in [-0.1, -0.05) is 5.21 Å². The van der Waals surface area contributed by atoms with Crippen LogP contribution in [0.2, 0.25) is 0 Å². The Balaban J connectivity index is 2.50. The minimum atomic E-state index is -0.968. The van der Waals surface area contributed by atoms with Gasteiger partial charge in [0, 0.05) is 35.3 Å². The van der Waals surface area contributed by atoms with Crippen molar-refractivity contribution in [1.82, 2.24) is 15.0 Å². The Morgan fingerprint density at radius 3 is 2.71 bits per heavy atom. The zero-order valence-electron chi connectivity index (χ0n) is 8.73. The molecule has 0 fully saturated rings. The van der Waals surface area contributed by atoms with Gasteiger partial charge in [0.05, 0.1) is 11.4 Å². The normalized spacial score (nSPS) is 14.3. The van der Waals surface area contributed by atoms with Crippen LogP contribution in [0.25, 0.3) is 0 Å². The van der Waals surface area contributed by atoms with Crippen LogP contribution >= 0.6 is 0 Å². The molecular formula is C8H16N4OS. The zero-order chi connectivity index (χ0) is 10.8. The van der Waals surface area contributed by atoms with E-state index in [1.54, 1.807) is 17.9 Å². The van der Waals surface area contributed by atoms with Gasteiger partial charge < -0.3 is 5.73 Å². The van der Waals surface area contributed by atoms with Gasteiger partial charge in [0.15, 0.2) is 0 Å². The third kappa shape index (κ3) is 3.97. The minimum Gasteiger partial charge on any atom is -0.325 e. The van der Waals surface area contributed by atoms with E-state index in [0.717, 1.165) is 5.69 Å². The van der Waals surface area contributed by atoms with Crippen LogP contribution in [0.5, 0.6) is 0 Å². The van der Waals surface area contributed by atoms with Crippen molar-refractivity contribution in [2.24, 2.45) is 12.8 Å². The zero-order valence-corrected chi connectivity index (χ0v) is 9.54. The van der Waals surface area contributed by atoms with E-state index in [4.69, 9.17) is 5.73 Å². The van der Waals surface area contributed by atoms with Crippen molar-refractivity contribution in [2.45, 2.75) is 25.1 Å². The summed E-state index contributed by atoms with van der Waals surface area (Å²) in [5, 5.41) is 7.63. The average molecular weight is 216 g/mol. The fourth-order valence-corrected chi connectivity index (χ4v) is 2.49. The van der Waals surface area contributed by atoms with Crippen LogP contribution < -0.4 is 5.73 Å². The maximum absolute atomic E-state index is 11.6. The van der Waals surface area contributed by atoms with E-state index in [1.807, 2.05) is 13.8 Å². The Morgan fingerprint density at radius 1 is 1.64 bits per heavy atom. The third-order valence-corrected chi connectivity index (χ3v) is 3.18. The van der Waals surface area contributed by atoms with Crippen molar-refractivity contribution in [3.8, 4) is 0 Å². The van der Waals surface area contributed by atoms with Crippen LogP contribution in [-0.2, 0) is 23.6 Å². The Hall–Kier alpha value is -0.750. The first-order chi connectivity index (χ1) is 6.37.